The highest BCUT2D eigenvalue weighted by Gasteiger charge is 2.20. The van der Waals surface area contributed by atoms with Crippen molar-refractivity contribution in [3.63, 3.8) is 0 Å². The Bertz CT molecular complexity index is 807. The summed E-state index contributed by atoms with van der Waals surface area (Å²) >= 11 is 3.58. The molecule has 0 atom stereocenters. The van der Waals surface area contributed by atoms with Crippen LogP contribution in [0.25, 0.3) is 0 Å². The summed E-state index contributed by atoms with van der Waals surface area (Å²) in [5.74, 6) is 2.58. The Kier molecular flexibility index (Phi) is 6.84. The van der Waals surface area contributed by atoms with Gasteiger partial charge in [-0.3, -0.25) is 4.90 Å². The zero-order valence-corrected chi connectivity index (χ0v) is 18.4. The Morgan fingerprint density at radius 2 is 1.97 bits per heavy atom. The molecule has 2 aliphatic heterocycles. The minimum atomic E-state index is 0.446. The zero-order valence-electron chi connectivity index (χ0n) is 16.8. The quantitative estimate of drug-likeness (QED) is 0.708. The van der Waals surface area contributed by atoms with E-state index in [4.69, 9.17) is 14.5 Å². The number of hydrogen-bond acceptors (Lipinski definition) is 7. The second-order valence-corrected chi connectivity index (χ2v) is 8.36. The number of ether oxygens (including phenoxy) is 2. The van der Waals surface area contributed by atoms with Crippen LogP contribution in [-0.2, 0) is 11.3 Å². The summed E-state index contributed by atoms with van der Waals surface area (Å²) in [4.78, 5) is 13.8. The number of methoxy groups -OCH3 is 1. The molecule has 4 rings (SSSR count). The Morgan fingerprint density at radius 1 is 1.17 bits per heavy atom. The Balaban J connectivity index is 1.28. The van der Waals surface area contributed by atoms with Crippen molar-refractivity contribution in [2.24, 2.45) is 0 Å². The third kappa shape index (κ3) is 5.38. The molecular formula is C21H28BrN5O2. The molecule has 2 aliphatic rings. The van der Waals surface area contributed by atoms with E-state index >= 15 is 0 Å². The minimum absolute atomic E-state index is 0.446. The number of aromatic nitrogens is 2. The number of likely N-dealkylation sites (tertiary alicyclic amines) is 1. The van der Waals surface area contributed by atoms with Crippen LogP contribution in [0.2, 0.25) is 0 Å². The van der Waals surface area contributed by atoms with Crippen LogP contribution in [-0.4, -0.2) is 67.4 Å². The molecule has 7 nitrogen and oxygen atoms in total. The predicted molar refractivity (Wildman–Crippen MR) is 118 cm³/mol. The van der Waals surface area contributed by atoms with Crippen LogP contribution in [0, 0.1) is 0 Å². The smallest absolute Gasteiger partial charge is 0.227 e. The molecule has 8 heteroatoms. The average Bonchev–Trinajstić information content (AvgIpc) is 2.76. The van der Waals surface area contributed by atoms with Gasteiger partial charge >= 0.3 is 0 Å². The highest BCUT2D eigenvalue weighted by Crippen LogP contribution is 2.27. The van der Waals surface area contributed by atoms with Gasteiger partial charge in [-0.1, -0.05) is 6.07 Å². The monoisotopic (exact) mass is 461 g/mol. The molecule has 0 radical (unpaired) electrons. The van der Waals surface area contributed by atoms with Crippen molar-refractivity contribution in [1.29, 1.82) is 0 Å². The predicted octanol–water partition coefficient (Wildman–Crippen LogP) is 3.16. The molecule has 0 spiro atoms. The van der Waals surface area contributed by atoms with Crippen LogP contribution < -0.4 is 15.0 Å². The number of piperidine rings is 1. The van der Waals surface area contributed by atoms with E-state index in [0.717, 1.165) is 80.8 Å². The summed E-state index contributed by atoms with van der Waals surface area (Å²) in [6.07, 6.45) is 4.05. The fourth-order valence-electron chi connectivity index (χ4n) is 3.86. The summed E-state index contributed by atoms with van der Waals surface area (Å²) in [6, 6.07) is 8.72. The van der Waals surface area contributed by atoms with Gasteiger partial charge in [0.25, 0.3) is 0 Å². The van der Waals surface area contributed by atoms with Crippen molar-refractivity contribution in [2.45, 2.75) is 25.4 Å². The van der Waals surface area contributed by atoms with Crippen LogP contribution >= 0.6 is 15.9 Å². The topological polar surface area (TPSA) is 62.8 Å². The lowest BCUT2D eigenvalue weighted by molar-refractivity contribution is 0.122. The maximum atomic E-state index is 5.42. The van der Waals surface area contributed by atoms with Gasteiger partial charge in [-0.05, 0) is 52.5 Å². The molecule has 2 fully saturated rings. The average molecular weight is 462 g/mol. The number of benzene rings is 1. The number of nitrogens with zero attached hydrogens (tertiary/aromatic N) is 4. The third-order valence-corrected chi connectivity index (χ3v) is 6.12. The lowest BCUT2D eigenvalue weighted by atomic mass is 10.0. The maximum Gasteiger partial charge on any atom is 0.227 e. The molecule has 2 saturated heterocycles. The summed E-state index contributed by atoms with van der Waals surface area (Å²) < 4.78 is 11.7. The first-order chi connectivity index (χ1) is 14.2. The molecule has 29 heavy (non-hydrogen) atoms. The summed E-state index contributed by atoms with van der Waals surface area (Å²) in [5.41, 5.74) is 1.30. The fourth-order valence-corrected chi connectivity index (χ4v) is 4.44. The van der Waals surface area contributed by atoms with E-state index in [1.807, 2.05) is 18.3 Å². The maximum absolute atomic E-state index is 5.42. The van der Waals surface area contributed by atoms with Crippen LogP contribution in [0.4, 0.5) is 11.8 Å². The Labute approximate surface area is 180 Å². The van der Waals surface area contributed by atoms with Gasteiger partial charge in [0, 0.05) is 45.0 Å². The summed E-state index contributed by atoms with van der Waals surface area (Å²) in [7, 11) is 1.69. The first-order valence-electron chi connectivity index (χ1n) is 10.2. The lowest BCUT2D eigenvalue weighted by Crippen LogP contribution is -2.39. The second kappa shape index (κ2) is 9.73. The van der Waals surface area contributed by atoms with E-state index in [9.17, 15) is 0 Å². The fraction of sp³-hybridized carbons (Fsp3) is 0.524. The molecule has 2 aromatic rings. The molecule has 0 amide bonds. The number of rotatable bonds is 6. The van der Waals surface area contributed by atoms with Gasteiger partial charge in [0.1, 0.15) is 11.6 Å². The van der Waals surface area contributed by atoms with E-state index in [2.05, 4.69) is 48.2 Å². The van der Waals surface area contributed by atoms with Gasteiger partial charge in [0.05, 0.1) is 24.8 Å². The highest BCUT2D eigenvalue weighted by atomic mass is 79.9. The first-order valence-corrected chi connectivity index (χ1v) is 11.0. The van der Waals surface area contributed by atoms with Crippen molar-refractivity contribution in [3.8, 4) is 5.75 Å². The van der Waals surface area contributed by atoms with Crippen molar-refractivity contribution in [2.75, 3.05) is 56.7 Å². The van der Waals surface area contributed by atoms with Gasteiger partial charge in [-0.2, -0.15) is 4.98 Å². The van der Waals surface area contributed by atoms with Crippen molar-refractivity contribution < 1.29 is 9.47 Å². The van der Waals surface area contributed by atoms with E-state index in [-0.39, 0.29) is 0 Å². The highest BCUT2D eigenvalue weighted by molar-refractivity contribution is 9.10. The van der Waals surface area contributed by atoms with Crippen LogP contribution in [0.5, 0.6) is 5.75 Å². The Hall–Kier alpha value is -1.90. The molecule has 1 aromatic carbocycles. The number of halogens is 1. The number of anilines is 2. The molecule has 0 saturated carbocycles. The third-order valence-electron chi connectivity index (χ3n) is 5.50. The SMILES string of the molecule is COc1ccc(CN2CCC(Nc3ccnc(N4CCOCC4)n3)CC2)cc1Br. The van der Waals surface area contributed by atoms with Crippen LogP contribution in [0.1, 0.15) is 18.4 Å². The summed E-state index contributed by atoms with van der Waals surface area (Å²) in [6.45, 7) is 6.29. The first kappa shape index (κ1) is 20.4. The largest absolute Gasteiger partial charge is 0.496 e. The molecule has 156 valence electrons. The standard InChI is InChI=1S/C21H28BrN5O2/c1-28-19-3-2-16(14-18(19)22)15-26-8-5-17(6-9-26)24-20-4-7-23-21(25-20)27-10-12-29-13-11-27/h2-4,7,14,17H,5-6,8-13,15H2,1H3,(H,23,24,25). The van der Waals surface area contributed by atoms with Crippen LogP contribution in [0.3, 0.4) is 0 Å². The minimum Gasteiger partial charge on any atom is -0.496 e. The molecule has 3 heterocycles. The zero-order chi connectivity index (χ0) is 20.1. The number of hydrogen-bond donors (Lipinski definition) is 1. The summed E-state index contributed by atoms with van der Waals surface area (Å²) in [5, 5.41) is 3.61. The van der Waals surface area contributed by atoms with E-state index < -0.39 is 0 Å². The molecule has 1 N–H and O–H groups in total. The molecule has 0 bridgehead atoms. The van der Waals surface area contributed by atoms with Crippen molar-refractivity contribution in [3.05, 3.63) is 40.5 Å². The molecule has 0 aliphatic carbocycles. The second-order valence-electron chi connectivity index (χ2n) is 7.50. The molecule has 1 aromatic heterocycles. The van der Waals surface area contributed by atoms with E-state index in [1.165, 1.54) is 5.56 Å². The molecule has 0 unspecified atom stereocenters. The van der Waals surface area contributed by atoms with Crippen molar-refractivity contribution in [1.82, 2.24) is 14.9 Å². The number of nitrogens with one attached hydrogen (secondary N) is 1. The normalized spacial score (nSPS) is 18.6. The van der Waals surface area contributed by atoms with Crippen LogP contribution in [0.15, 0.2) is 34.9 Å². The Morgan fingerprint density at radius 3 is 2.69 bits per heavy atom. The van der Waals surface area contributed by atoms with Gasteiger partial charge in [0.2, 0.25) is 5.95 Å². The van der Waals surface area contributed by atoms with E-state index in [0.29, 0.717) is 6.04 Å². The van der Waals surface area contributed by atoms with Gasteiger partial charge < -0.3 is 19.7 Å². The van der Waals surface area contributed by atoms with E-state index in [1.54, 1.807) is 7.11 Å². The van der Waals surface area contributed by atoms with Gasteiger partial charge in [-0.25, -0.2) is 4.98 Å². The lowest BCUT2D eigenvalue weighted by Gasteiger charge is -2.33. The van der Waals surface area contributed by atoms with Gasteiger partial charge in [0.15, 0.2) is 0 Å². The molecular weight excluding hydrogens is 434 g/mol. The van der Waals surface area contributed by atoms with Crippen molar-refractivity contribution >= 4 is 27.7 Å². The van der Waals surface area contributed by atoms with Gasteiger partial charge in [-0.15, -0.1) is 0 Å². The number of morpholine rings is 1.